The Morgan fingerprint density at radius 1 is 0.526 bits per heavy atom. The average Bonchev–Trinajstić information content (AvgIpc) is 3.61. The summed E-state index contributed by atoms with van der Waals surface area (Å²) in [6, 6.07) is 37.8. The molecule has 0 unspecified atom stereocenters. The molecule has 4 aromatic carbocycles. The standard InChI is InChI=1S/C33H21N5/c1-2-9-27(10-3-1)37-19-16-23-13-14-24-17-20-38(30(24)29(23)37)33-28-11-6-18-34-32(28)35-31(36-33)26-15-12-22-7-4-5-8-25(22)21-26/h1-21H. The third-order valence-electron chi connectivity index (χ3n) is 7.22. The largest absolute Gasteiger partial charge is 0.315 e. The van der Waals surface area contributed by atoms with Crippen molar-refractivity contribution in [3.8, 4) is 22.9 Å². The Kier molecular flexibility index (Phi) is 4.45. The van der Waals surface area contributed by atoms with Crippen LogP contribution in [0.2, 0.25) is 0 Å². The second kappa shape index (κ2) is 8.11. The molecule has 0 aliphatic rings. The van der Waals surface area contributed by atoms with Gasteiger partial charge in [0.15, 0.2) is 17.3 Å². The van der Waals surface area contributed by atoms with E-state index in [1.165, 1.54) is 10.8 Å². The minimum atomic E-state index is 0.657. The highest BCUT2D eigenvalue weighted by atomic mass is 15.1. The van der Waals surface area contributed by atoms with Gasteiger partial charge in [0.25, 0.3) is 0 Å². The number of hydrogen-bond acceptors (Lipinski definition) is 3. The third kappa shape index (κ3) is 3.15. The van der Waals surface area contributed by atoms with Crippen molar-refractivity contribution in [1.82, 2.24) is 24.1 Å². The second-order valence-corrected chi connectivity index (χ2v) is 9.46. The Morgan fingerprint density at radius 3 is 2.08 bits per heavy atom. The van der Waals surface area contributed by atoms with Gasteiger partial charge in [0.2, 0.25) is 0 Å². The number of aromatic nitrogens is 5. The summed E-state index contributed by atoms with van der Waals surface area (Å²) >= 11 is 0. The van der Waals surface area contributed by atoms with Gasteiger partial charge in [-0.05, 0) is 53.2 Å². The molecule has 0 N–H and O–H groups in total. The van der Waals surface area contributed by atoms with Crippen molar-refractivity contribution < 1.29 is 0 Å². The van der Waals surface area contributed by atoms with Crippen molar-refractivity contribution in [3.63, 3.8) is 0 Å². The molecule has 0 saturated heterocycles. The molecule has 0 atom stereocenters. The van der Waals surface area contributed by atoms with E-state index in [0.29, 0.717) is 11.5 Å². The normalized spacial score (nSPS) is 11.7. The molecule has 8 rings (SSSR count). The van der Waals surface area contributed by atoms with E-state index in [2.05, 4.69) is 118 Å². The Balaban J connectivity index is 1.43. The first-order valence-electron chi connectivity index (χ1n) is 12.6. The van der Waals surface area contributed by atoms with Crippen molar-refractivity contribution in [2.24, 2.45) is 0 Å². The molecule has 5 heteroatoms. The summed E-state index contributed by atoms with van der Waals surface area (Å²) < 4.78 is 4.44. The highest BCUT2D eigenvalue weighted by Crippen LogP contribution is 2.33. The molecule has 8 aromatic rings. The van der Waals surface area contributed by atoms with E-state index in [1.807, 2.05) is 18.2 Å². The molecule has 0 fully saturated rings. The second-order valence-electron chi connectivity index (χ2n) is 9.46. The molecule has 0 saturated carbocycles. The van der Waals surface area contributed by atoms with E-state index in [0.717, 1.165) is 44.3 Å². The molecule has 38 heavy (non-hydrogen) atoms. The Labute approximate surface area is 218 Å². The summed E-state index contributed by atoms with van der Waals surface area (Å²) in [4.78, 5) is 14.7. The summed E-state index contributed by atoms with van der Waals surface area (Å²) in [5, 5.41) is 5.58. The van der Waals surface area contributed by atoms with Gasteiger partial charge in [0.1, 0.15) is 0 Å². The van der Waals surface area contributed by atoms with Crippen molar-refractivity contribution in [2.45, 2.75) is 0 Å². The lowest BCUT2D eigenvalue weighted by Crippen LogP contribution is -2.03. The van der Waals surface area contributed by atoms with Gasteiger partial charge in [-0.15, -0.1) is 0 Å². The fourth-order valence-electron chi connectivity index (χ4n) is 5.41. The van der Waals surface area contributed by atoms with Crippen LogP contribution in [0.3, 0.4) is 0 Å². The number of fused-ring (bicyclic) bond motifs is 5. The van der Waals surface area contributed by atoms with Gasteiger partial charge in [0, 0.05) is 40.6 Å². The number of nitrogens with zero attached hydrogens (tertiary/aromatic N) is 5. The molecule has 4 aromatic heterocycles. The van der Waals surface area contributed by atoms with Crippen LogP contribution in [0.4, 0.5) is 0 Å². The lowest BCUT2D eigenvalue weighted by molar-refractivity contribution is 1.03. The van der Waals surface area contributed by atoms with Crippen LogP contribution in [-0.2, 0) is 0 Å². The van der Waals surface area contributed by atoms with Gasteiger partial charge < -0.3 is 4.57 Å². The average molecular weight is 488 g/mol. The third-order valence-corrected chi connectivity index (χ3v) is 7.22. The lowest BCUT2D eigenvalue weighted by atomic mass is 10.1. The number of hydrogen-bond donors (Lipinski definition) is 0. The van der Waals surface area contributed by atoms with E-state index < -0.39 is 0 Å². The van der Waals surface area contributed by atoms with E-state index in [4.69, 9.17) is 9.97 Å². The zero-order chi connectivity index (χ0) is 25.1. The maximum atomic E-state index is 5.17. The Bertz CT molecular complexity index is 2140. The van der Waals surface area contributed by atoms with Crippen molar-refractivity contribution in [1.29, 1.82) is 0 Å². The number of benzene rings is 4. The van der Waals surface area contributed by atoms with Crippen LogP contribution in [0.1, 0.15) is 0 Å². The molecule has 0 bridgehead atoms. The summed E-state index contributed by atoms with van der Waals surface area (Å²) in [7, 11) is 0. The van der Waals surface area contributed by atoms with Crippen LogP contribution in [0.25, 0.3) is 66.5 Å². The number of rotatable bonds is 3. The van der Waals surface area contributed by atoms with Gasteiger partial charge >= 0.3 is 0 Å². The Morgan fingerprint density at radius 2 is 1.24 bits per heavy atom. The highest BCUT2D eigenvalue weighted by molar-refractivity contribution is 6.06. The lowest BCUT2D eigenvalue weighted by Gasteiger charge is -2.13. The molecule has 0 aliphatic carbocycles. The molecule has 0 aliphatic heterocycles. The molecular formula is C33H21N5. The summed E-state index contributed by atoms with van der Waals surface area (Å²) in [6.45, 7) is 0. The van der Waals surface area contributed by atoms with Crippen molar-refractivity contribution in [3.05, 3.63) is 128 Å². The first-order chi connectivity index (χ1) is 18.8. The van der Waals surface area contributed by atoms with Crippen LogP contribution < -0.4 is 0 Å². The zero-order valence-electron chi connectivity index (χ0n) is 20.4. The van der Waals surface area contributed by atoms with E-state index in [-0.39, 0.29) is 0 Å². The van der Waals surface area contributed by atoms with Gasteiger partial charge in [-0.1, -0.05) is 66.7 Å². The summed E-state index contributed by atoms with van der Waals surface area (Å²) in [5.74, 6) is 1.47. The number of pyridine rings is 1. The van der Waals surface area contributed by atoms with Gasteiger partial charge in [0.05, 0.1) is 16.4 Å². The van der Waals surface area contributed by atoms with Gasteiger partial charge in [-0.2, -0.15) is 0 Å². The fourth-order valence-corrected chi connectivity index (χ4v) is 5.41. The molecule has 5 nitrogen and oxygen atoms in total. The first-order valence-corrected chi connectivity index (χ1v) is 12.6. The van der Waals surface area contributed by atoms with E-state index >= 15 is 0 Å². The van der Waals surface area contributed by atoms with Crippen LogP contribution in [0.5, 0.6) is 0 Å². The van der Waals surface area contributed by atoms with Crippen molar-refractivity contribution >= 4 is 43.6 Å². The molecule has 178 valence electrons. The van der Waals surface area contributed by atoms with Crippen LogP contribution in [0.15, 0.2) is 128 Å². The summed E-state index contributed by atoms with van der Waals surface area (Å²) in [6.07, 6.45) is 6.03. The number of para-hydroxylation sites is 1. The Hall–Kier alpha value is -5.29. The minimum absolute atomic E-state index is 0.657. The van der Waals surface area contributed by atoms with Crippen molar-refractivity contribution in [2.75, 3.05) is 0 Å². The van der Waals surface area contributed by atoms with E-state index in [1.54, 1.807) is 6.20 Å². The molecule has 0 amide bonds. The topological polar surface area (TPSA) is 48.5 Å². The zero-order valence-corrected chi connectivity index (χ0v) is 20.4. The molecule has 0 radical (unpaired) electrons. The van der Waals surface area contributed by atoms with Crippen LogP contribution in [-0.4, -0.2) is 24.1 Å². The SMILES string of the molecule is c1ccc(-n2ccc3ccc4ccn(-c5nc(-c6ccc7ccccc7c6)nc6ncccc56)c4c32)cc1. The van der Waals surface area contributed by atoms with Gasteiger partial charge in [-0.25, -0.2) is 15.0 Å². The predicted molar refractivity (Wildman–Crippen MR) is 154 cm³/mol. The maximum Gasteiger partial charge on any atom is 0.165 e. The molecule has 0 spiro atoms. The molecule has 4 heterocycles. The van der Waals surface area contributed by atoms with Gasteiger partial charge in [-0.3, -0.25) is 4.57 Å². The first kappa shape index (κ1) is 20.9. The van der Waals surface area contributed by atoms with Crippen LogP contribution in [0, 0.1) is 0 Å². The quantitative estimate of drug-likeness (QED) is 0.256. The highest BCUT2D eigenvalue weighted by Gasteiger charge is 2.17. The van der Waals surface area contributed by atoms with Crippen LogP contribution >= 0.6 is 0 Å². The predicted octanol–water partition coefficient (Wildman–Crippen LogP) is 7.73. The molecular weight excluding hydrogens is 466 g/mol. The maximum absolute atomic E-state index is 5.17. The summed E-state index contributed by atoms with van der Waals surface area (Å²) in [5.41, 5.74) is 5.00. The van der Waals surface area contributed by atoms with E-state index in [9.17, 15) is 0 Å². The monoisotopic (exact) mass is 487 g/mol. The fraction of sp³-hybridized carbons (Fsp3) is 0. The smallest absolute Gasteiger partial charge is 0.165 e. The minimum Gasteiger partial charge on any atom is -0.315 e.